The summed E-state index contributed by atoms with van der Waals surface area (Å²) in [6.45, 7) is 0.780. The second-order valence-corrected chi connectivity index (χ2v) is 7.86. The number of nitrogens with one attached hydrogen (secondary N) is 1. The molecular formula is C20H24N2O5S2. The summed E-state index contributed by atoms with van der Waals surface area (Å²) in [5, 5.41) is 3.17. The van der Waals surface area contributed by atoms with Gasteiger partial charge in [-0.25, -0.2) is 4.79 Å². The van der Waals surface area contributed by atoms with Crippen LogP contribution < -0.4 is 5.32 Å². The van der Waals surface area contributed by atoms with Crippen LogP contribution in [0.3, 0.4) is 0 Å². The molecule has 2 heterocycles. The molecule has 156 valence electrons. The van der Waals surface area contributed by atoms with E-state index >= 15 is 0 Å². The van der Waals surface area contributed by atoms with Gasteiger partial charge < -0.3 is 19.5 Å². The lowest BCUT2D eigenvalue weighted by Crippen LogP contribution is -2.68. The molecule has 2 saturated heterocycles. The molecule has 9 heteroatoms. The van der Waals surface area contributed by atoms with E-state index in [-0.39, 0.29) is 23.8 Å². The minimum Gasteiger partial charge on any atom is -0.445 e. The van der Waals surface area contributed by atoms with Crippen LogP contribution in [0.2, 0.25) is 0 Å². The Hall–Kier alpha value is -1.78. The van der Waals surface area contributed by atoms with E-state index in [4.69, 9.17) is 38.6 Å². The molecule has 7 nitrogen and oxygen atoms in total. The van der Waals surface area contributed by atoms with Gasteiger partial charge in [-0.15, -0.1) is 0 Å². The number of hydrogen-bond acceptors (Lipinski definition) is 8. The third-order valence-electron chi connectivity index (χ3n) is 5.27. The van der Waals surface area contributed by atoms with Gasteiger partial charge in [0.15, 0.2) is 17.6 Å². The van der Waals surface area contributed by atoms with Crippen LogP contribution in [0.5, 0.6) is 0 Å². The number of amides is 1. The number of thiocarbonyl (C=S) groups is 2. The molecule has 2 aliphatic rings. The highest BCUT2D eigenvalue weighted by Crippen LogP contribution is 2.36. The van der Waals surface area contributed by atoms with Crippen molar-refractivity contribution < 1.29 is 23.8 Å². The number of ketones is 1. The molecule has 2 fully saturated rings. The zero-order valence-corrected chi connectivity index (χ0v) is 18.0. The van der Waals surface area contributed by atoms with Crippen molar-refractivity contribution in [3.05, 3.63) is 35.9 Å². The molecule has 0 aliphatic carbocycles. The van der Waals surface area contributed by atoms with E-state index in [2.05, 4.69) is 5.32 Å². The van der Waals surface area contributed by atoms with E-state index < -0.39 is 24.0 Å². The molecule has 2 aliphatic heterocycles. The molecule has 0 aromatic heterocycles. The van der Waals surface area contributed by atoms with E-state index in [1.807, 2.05) is 30.3 Å². The Morgan fingerprint density at radius 3 is 2.52 bits per heavy atom. The van der Waals surface area contributed by atoms with Gasteiger partial charge in [0.2, 0.25) is 0 Å². The first-order chi connectivity index (χ1) is 14.0. The lowest BCUT2D eigenvalue weighted by atomic mass is 9.84. The Labute approximate surface area is 180 Å². The molecular weight excluding hydrogens is 412 g/mol. The molecule has 0 radical (unpaired) electrons. The van der Waals surface area contributed by atoms with Crippen molar-refractivity contribution in [2.45, 2.75) is 37.3 Å². The average molecular weight is 437 g/mol. The molecule has 3 rings (SSSR count). The predicted molar refractivity (Wildman–Crippen MR) is 115 cm³/mol. The smallest absolute Gasteiger partial charge is 0.411 e. The number of ether oxygens (including phenoxy) is 3. The Morgan fingerprint density at radius 1 is 1.24 bits per heavy atom. The number of benzene rings is 1. The number of nitrogens with zero attached hydrogens (tertiary/aromatic N) is 1. The third kappa shape index (κ3) is 3.97. The lowest BCUT2D eigenvalue weighted by Gasteiger charge is -2.41. The van der Waals surface area contributed by atoms with Crippen LogP contribution in [0.4, 0.5) is 4.79 Å². The lowest BCUT2D eigenvalue weighted by molar-refractivity contribution is -0.171. The highest BCUT2D eigenvalue weighted by Gasteiger charge is 2.63. The van der Waals surface area contributed by atoms with Crippen LogP contribution in [-0.2, 0) is 25.6 Å². The highest BCUT2D eigenvalue weighted by atomic mass is 32.1. The maximum atomic E-state index is 13.7. The number of rotatable bonds is 7. The van der Waals surface area contributed by atoms with Gasteiger partial charge in [0.05, 0.1) is 22.3 Å². The van der Waals surface area contributed by atoms with Crippen LogP contribution in [0.15, 0.2) is 30.3 Å². The second kappa shape index (κ2) is 9.36. The summed E-state index contributed by atoms with van der Waals surface area (Å²) in [4.78, 5) is 28.5. The van der Waals surface area contributed by atoms with Crippen LogP contribution in [-0.4, -0.2) is 71.7 Å². The molecule has 0 unspecified atom stereocenters. The summed E-state index contributed by atoms with van der Waals surface area (Å²) in [6, 6.07) is 8.82. The number of carbonyl (C=O) groups is 2. The van der Waals surface area contributed by atoms with Crippen molar-refractivity contribution in [2.24, 2.45) is 0 Å². The number of carbonyl (C=O) groups excluding carboxylic acids is 2. The Kier molecular flexibility index (Phi) is 7.07. The van der Waals surface area contributed by atoms with Crippen LogP contribution in [0.1, 0.15) is 18.4 Å². The van der Waals surface area contributed by atoms with Gasteiger partial charge in [0.1, 0.15) is 6.61 Å². The van der Waals surface area contributed by atoms with Gasteiger partial charge in [-0.05, 0) is 24.9 Å². The monoisotopic (exact) mass is 436 g/mol. The summed E-state index contributed by atoms with van der Waals surface area (Å²) < 4.78 is 16.4. The fourth-order valence-corrected chi connectivity index (χ4v) is 4.54. The van der Waals surface area contributed by atoms with Crippen molar-refractivity contribution in [3.63, 3.8) is 0 Å². The molecule has 0 saturated carbocycles. The molecule has 1 aromatic carbocycles. The highest BCUT2D eigenvalue weighted by molar-refractivity contribution is 7.89. The zero-order chi connectivity index (χ0) is 21.0. The number of hydrogen-bond donors (Lipinski definition) is 1. The number of likely N-dealkylation sites (tertiary alicyclic amines) is 1. The Balaban J connectivity index is 1.95. The predicted octanol–water partition coefficient (Wildman–Crippen LogP) is 2.06. The molecule has 1 amide bonds. The SMILES string of the molecule is COC(OC)[C@]1(C(=O)[C@@H]2CCCN2)C(=S)C(=S)CN1C(=O)OCc1ccccc1. The van der Waals surface area contributed by atoms with Gasteiger partial charge in [0.25, 0.3) is 0 Å². The van der Waals surface area contributed by atoms with Crippen molar-refractivity contribution in [2.75, 3.05) is 27.3 Å². The van der Waals surface area contributed by atoms with E-state index in [9.17, 15) is 9.59 Å². The first kappa shape index (κ1) is 21.9. The van der Waals surface area contributed by atoms with Crippen LogP contribution in [0, 0.1) is 0 Å². The minimum absolute atomic E-state index is 0.00344. The summed E-state index contributed by atoms with van der Waals surface area (Å²) in [6.07, 6.45) is -0.299. The topological polar surface area (TPSA) is 77.1 Å². The first-order valence-electron chi connectivity index (χ1n) is 9.36. The summed E-state index contributed by atoms with van der Waals surface area (Å²) >= 11 is 11.0. The van der Waals surface area contributed by atoms with Crippen LogP contribution in [0.25, 0.3) is 0 Å². The maximum Gasteiger partial charge on any atom is 0.411 e. The van der Waals surface area contributed by atoms with Crippen molar-refractivity contribution in [1.82, 2.24) is 10.2 Å². The molecule has 1 aromatic rings. The summed E-state index contributed by atoms with van der Waals surface area (Å²) in [5.41, 5.74) is -0.819. The van der Waals surface area contributed by atoms with E-state index in [1.54, 1.807) is 0 Å². The summed E-state index contributed by atoms with van der Waals surface area (Å²) in [7, 11) is 2.81. The van der Waals surface area contributed by atoms with Crippen LogP contribution >= 0.6 is 24.4 Å². The second-order valence-electron chi connectivity index (χ2n) is 6.96. The van der Waals surface area contributed by atoms with Crippen molar-refractivity contribution in [1.29, 1.82) is 0 Å². The number of Topliss-reactive ketones (excluding diaryl/α,β-unsaturated/α-hetero) is 1. The molecule has 2 atom stereocenters. The molecule has 0 spiro atoms. The van der Waals surface area contributed by atoms with Crippen molar-refractivity contribution in [3.8, 4) is 0 Å². The fourth-order valence-electron chi connectivity index (χ4n) is 3.89. The van der Waals surface area contributed by atoms with Gasteiger partial charge in [-0.1, -0.05) is 54.8 Å². The normalized spacial score (nSPS) is 24.4. The van der Waals surface area contributed by atoms with E-state index in [1.165, 1.54) is 19.1 Å². The average Bonchev–Trinajstić information content (AvgIpc) is 3.36. The van der Waals surface area contributed by atoms with E-state index in [0.717, 1.165) is 12.0 Å². The van der Waals surface area contributed by atoms with Gasteiger partial charge in [-0.3, -0.25) is 9.69 Å². The maximum absolute atomic E-state index is 13.7. The fraction of sp³-hybridized carbons (Fsp3) is 0.500. The molecule has 29 heavy (non-hydrogen) atoms. The Morgan fingerprint density at radius 2 is 1.93 bits per heavy atom. The summed E-state index contributed by atoms with van der Waals surface area (Å²) in [5.74, 6) is -0.287. The number of methoxy groups -OCH3 is 2. The quantitative estimate of drug-likeness (QED) is 0.514. The standard InChI is InChI=1S/C20H24N2O5S2/c1-25-18(26-2)20(16(23)14-9-6-10-21-14)17(29)15(28)11-22(20)19(24)27-12-13-7-4-3-5-8-13/h3-5,7-8,14,18,21H,6,9-12H2,1-2H3/t14-,20-/m0/s1. The third-order valence-corrected chi connectivity index (χ3v) is 6.29. The van der Waals surface area contributed by atoms with Crippen molar-refractivity contribution >= 4 is 46.0 Å². The largest absolute Gasteiger partial charge is 0.445 e. The first-order valence-corrected chi connectivity index (χ1v) is 10.2. The zero-order valence-electron chi connectivity index (χ0n) is 16.4. The minimum atomic E-state index is -1.65. The van der Waals surface area contributed by atoms with Gasteiger partial charge in [-0.2, -0.15) is 0 Å². The Bertz CT molecular complexity index is 793. The molecule has 1 N–H and O–H groups in total. The van der Waals surface area contributed by atoms with Gasteiger partial charge in [0, 0.05) is 14.2 Å². The van der Waals surface area contributed by atoms with Gasteiger partial charge >= 0.3 is 6.09 Å². The van der Waals surface area contributed by atoms with E-state index in [0.29, 0.717) is 17.8 Å². The molecule has 0 bridgehead atoms.